The lowest BCUT2D eigenvalue weighted by Crippen LogP contribution is -2.54. The van der Waals surface area contributed by atoms with Gasteiger partial charge in [0.05, 0.1) is 11.5 Å². The van der Waals surface area contributed by atoms with E-state index >= 15 is 0 Å². The van der Waals surface area contributed by atoms with Crippen LogP contribution in [0.25, 0.3) is 0 Å². The van der Waals surface area contributed by atoms with Gasteiger partial charge in [0.1, 0.15) is 15.6 Å². The third-order valence-corrected chi connectivity index (χ3v) is 10.2. The summed E-state index contributed by atoms with van der Waals surface area (Å²) in [6, 6.07) is 4.08. The van der Waals surface area contributed by atoms with Crippen LogP contribution in [0, 0.1) is 18.8 Å². The first-order valence-corrected chi connectivity index (χ1v) is 15.3. The maximum Gasteiger partial charge on any atom is 0.226 e. The molecule has 0 unspecified atom stereocenters. The Morgan fingerprint density at radius 1 is 1.03 bits per heavy atom. The van der Waals surface area contributed by atoms with Gasteiger partial charge < -0.3 is 4.90 Å². The van der Waals surface area contributed by atoms with E-state index in [0.29, 0.717) is 36.6 Å². The molecule has 8 heteroatoms. The number of carbonyl (C=O) groups excluding carboxylic acids is 2. The summed E-state index contributed by atoms with van der Waals surface area (Å²) in [7, 11) is -2.91. The zero-order valence-electron chi connectivity index (χ0n) is 21.1. The summed E-state index contributed by atoms with van der Waals surface area (Å²) in [4.78, 5) is 30.2. The maximum atomic E-state index is 12.9. The van der Waals surface area contributed by atoms with Gasteiger partial charge in [0.25, 0.3) is 0 Å². The quantitative estimate of drug-likeness (QED) is 0.536. The predicted molar refractivity (Wildman–Crippen MR) is 139 cm³/mol. The smallest absolute Gasteiger partial charge is 0.226 e. The summed E-state index contributed by atoms with van der Waals surface area (Å²) in [5.74, 6) is 1.27. The van der Waals surface area contributed by atoms with Gasteiger partial charge in [-0.05, 0) is 74.3 Å². The van der Waals surface area contributed by atoms with Gasteiger partial charge in [0.2, 0.25) is 5.91 Å². The molecular weight excluding hydrogens is 484 g/mol. The van der Waals surface area contributed by atoms with Crippen molar-refractivity contribution in [2.75, 3.05) is 31.1 Å². The molecule has 0 N–H and O–H groups in total. The normalized spacial score (nSPS) is 24.1. The molecule has 4 rings (SSSR count). The monoisotopic (exact) mass is 522 g/mol. The number of hydrogen-bond donors (Lipinski definition) is 0. The summed E-state index contributed by atoms with van der Waals surface area (Å²) in [6.45, 7) is 7.40. The van der Waals surface area contributed by atoms with Crippen LogP contribution < -0.4 is 0 Å². The van der Waals surface area contributed by atoms with Gasteiger partial charge in [-0.3, -0.25) is 14.5 Å². The van der Waals surface area contributed by atoms with E-state index in [1.165, 1.54) is 12.8 Å². The molecule has 2 aliphatic heterocycles. The first-order valence-electron chi connectivity index (χ1n) is 13.1. The summed E-state index contributed by atoms with van der Waals surface area (Å²) in [6.07, 6.45) is 6.36. The SMILES string of the molecule is Cc1c(CC(=O)CC2CCS(=O)(=O)CC2)cc(Cl)cc1CN1CCN(C(=O)C2CCCC2)[C@@H](C)C1. The zero-order valence-corrected chi connectivity index (χ0v) is 22.7. The molecule has 3 aliphatic rings. The van der Waals surface area contributed by atoms with Crippen LogP contribution in [0.5, 0.6) is 0 Å². The minimum Gasteiger partial charge on any atom is -0.337 e. The van der Waals surface area contributed by atoms with Crippen LogP contribution in [-0.2, 0) is 32.4 Å². The van der Waals surface area contributed by atoms with Gasteiger partial charge in [-0.2, -0.15) is 0 Å². The van der Waals surface area contributed by atoms with Crippen LogP contribution in [0.3, 0.4) is 0 Å². The zero-order chi connectivity index (χ0) is 25.2. The number of piperazine rings is 1. The van der Waals surface area contributed by atoms with Crippen molar-refractivity contribution in [1.29, 1.82) is 0 Å². The van der Waals surface area contributed by atoms with Crippen LogP contribution >= 0.6 is 11.6 Å². The molecule has 1 aromatic rings. The molecular formula is C27H39ClN2O4S. The molecule has 1 saturated carbocycles. The van der Waals surface area contributed by atoms with Gasteiger partial charge in [-0.15, -0.1) is 0 Å². The van der Waals surface area contributed by atoms with E-state index in [9.17, 15) is 18.0 Å². The van der Waals surface area contributed by atoms with Crippen molar-refractivity contribution in [3.05, 3.63) is 33.8 Å². The summed E-state index contributed by atoms with van der Waals surface area (Å²) >= 11 is 6.46. The van der Waals surface area contributed by atoms with Crippen molar-refractivity contribution >= 4 is 33.1 Å². The van der Waals surface area contributed by atoms with Crippen LogP contribution in [0.15, 0.2) is 12.1 Å². The molecule has 6 nitrogen and oxygen atoms in total. The highest BCUT2D eigenvalue weighted by atomic mass is 35.5. The number of hydrogen-bond acceptors (Lipinski definition) is 5. The van der Waals surface area contributed by atoms with Crippen molar-refractivity contribution in [3.8, 4) is 0 Å². The highest BCUT2D eigenvalue weighted by Gasteiger charge is 2.33. The van der Waals surface area contributed by atoms with Crippen LogP contribution in [0.4, 0.5) is 0 Å². The van der Waals surface area contributed by atoms with Crippen LogP contribution in [0.1, 0.15) is 68.6 Å². The molecule has 1 atom stereocenters. The molecule has 2 saturated heterocycles. The number of ketones is 1. The summed E-state index contributed by atoms with van der Waals surface area (Å²) in [5.41, 5.74) is 3.20. The van der Waals surface area contributed by atoms with Crippen molar-refractivity contribution in [2.45, 2.75) is 77.8 Å². The lowest BCUT2D eigenvalue weighted by Gasteiger charge is -2.41. The van der Waals surface area contributed by atoms with E-state index in [1.54, 1.807) is 0 Å². The first-order chi connectivity index (χ1) is 16.6. The average Bonchev–Trinajstić information content (AvgIpc) is 3.33. The number of sulfone groups is 1. The number of halogens is 1. The molecule has 0 bridgehead atoms. The van der Waals surface area contributed by atoms with Crippen molar-refractivity contribution < 1.29 is 18.0 Å². The second kappa shape index (κ2) is 11.3. The minimum atomic E-state index is -2.91. The molecule has 0 radical (unpaired) electrons. The topological polar surface area (TPSA) is 74.8 Å². The Kier molecular flexibility index (Phi) is 8.60. The molecule has 2 heterocycles. The number of carbonyl (C=O) groups is 2. The van der Waals surface area contributed by atoms with E-state index in [2.05, 4.69) is 23.6 Å². The third-order valence-electron chi connectivity index (χ3n) is 8.26. The Hall–Kier alpha value is -1.44. The van der Waals surface area contributed by atoms with Gasteiger partial charge in [-0.25, -0.2) is 8.42 Å². The largest absolute Gasteiger partial charge is 0.337 e. The molecule has 1 aliphatic carbocycles. The van der Waals surface area contributed by atoms with Crippen LogP contribution in [0.2, 0.25) is 5.02 Å². The number of benzene rings is 1. The van der Waals surface area contributed by atoms with Gasteiger partial charge in [0, 0.05) is 56.0 Å². The molecule has 194 valence electrons. The van der Waals surface area contributed by atoms with Gasteiger partial charge in [-0.1, -0.05) is 24.4 Å². The maximum absolute atomic E-state index is 12.9. The molecule has 0 spiro atoms. The highest BCUT2D eigenvalue weighted by molar-refractivity contribution is 7.91. The number of nitrogens with zero attached hydrogens (tertiary/aromatic N) is 2. The lowest BCUT2D eigenvalue weighted by atomic mass is 9.91. The molecule has 3 fully saturated rings. The summed E-state index contributed by atoms with van der Waals surface area (Å²) in [5, 5.41) is 0.639. The third kappa shape index (κ3) is 6.86. The second-order valence-corrected chi connectivity index (χ2v) is 13.7. The molecule has 35 heavy (non-hydrogen) atoms. The number of Topliss-reactive ketones (excluding diaryl/α,β-unsaturated/α-hetero) is 1. The predicted octanol–water partition coefficient (Wildman–Crippen LogP) is 4.20. The van der Waals surface area contributed by atoms with E-state index in [4.69, 9.17) is 11.6 Å². The Bertz CT molecular complexity index is 1040. The van der Waals surface area contributed by atoms with Crippen molar-refractivity contribution in [1.82, 2.24) is 9.80 Å². The second-order valence-electron chi connectivity index (χ2n) is 11.0. The Morgan fingerprint density at radius 3 is 2.34 bits per heavy atom. The van der Waals surface area contributed by atoms with Gasteiger partial charge in [0.15, 0.2) is 0 Å². The molecule has 0 aromatic heterocycles. The molecule has 1 aromatic carbocycles. The van der Waals surface area contributed by atoms with E-state index in [1.807, 2.05) is 12.1 Å². The lowest BCUT2D eigenvalue weighted by molar-refractivity contribution is -0.140. The standard InChI is InChI=1S/C27H39ClN2O4S/c1-19-17-29(9-10-30(19)27(32)22-5-3-4-6-22)18-24-15-25(28)14-23(20(24)2)16-26(31)13-21-7-11-35(33,34)12-8-21/h14-15,19,21-22H,3-13,16-18H2,1-2H3/t19-/m0/s1. The molecule has 1 amide bonds. The number of rotatable bonds is 7. The first kappa shape index (κ1) is 26.6. The van der Waals surface area contributed by atoms with Gasteiger partial charge >= 0.3 is 0 Å². The fraction of sp³-hybridized carbons (Fsp3) is 0.704. The fourth-order valence-electron chi connectivity index (χ4n) is 6.05. The Morgan fingerprint density at radius 2 is 1.69 bits per heavy atom. The summed E-state index contributed by atoms with van der Waals surface area (Å²) < 4.78 is 23.3. The van der Waals surface area contributed by atoms with Crippen molar-refractivity contribution in [2.24, 2.45) is 11.8 Å². The highest BCUT2D eigenvalue weighted by Crippen LogP contribution is 2.29. The Labute approximate surface area is 215 Å². The number of amides is 1. The fourth-order valence-corrected chi connectivity index (χ4v) is 7.90. The van der Waals surface area contributed by atoms with Crippen molar-refractivity contribution in [3.63, 3.8) is 0 Å². The average molecular weight is 523 g/mol. The van der Waals surface area contributed by atoms with E-state index < -0.39 is 9.84 Å². The Balaban J connectivity index is 1.34. The van der Waals surface area contributed by atoms with E-state index in [-0.39, 0.29) is 35.2 Å². The minimum absolute atomic E-state index is 0.151. The van der Waals surface area contributed by atoms with Crippen LogP contribution in [-0.4, -0.2) is 67.1 Å². The van der Waals surface area contributed by atoms with E-state index in [0.717, 1.165) is 55.7 Å².